The summed E-state index contributed by atoms with van der Waals surface area (Å²) in [6.45, 7) is 3.81. The third kappa shape index (κ3) is 3.54. The molecule has 0 unspecified atom stereocenters. The molecule has 0 aliphatic heterocycles. The van der Waals surface area contributed by atoms with Gasteiger partial charge in [-0.05, 0) is 19.4 Å². The van der Waals surface area contributed by atoms with Crippen molar-refractivity contribution in [3.63, 3.8) is 0 Å². The molecule has 4 nitrogen and oxygen atoms in total. The fourth-order valence-electron chi connectivity index (χ4n) is 1.12. The van der Waals surface area contributed by atoms with Gasteiger partial charge in [0.1, 0.15) is 6.42 Å². The molecule has 0 radical (unpaired) electrons. The van der Waals surface area contributed by atoms with Crippen LogP contribution in [0.15, 0.2) is 29.4 Å². The van der Waals surface area contributed by atoms with E-state index in [9.17, 15) is 4.79 Å². The van der Waals surface area contributed by atoms with Gasteiger partial charge in [-0.3, -0.25) is 4.79 Å². The summed E-state index contributed by atoms with van der Waals surface area (Å²) in [4.78, 5) is 11.0. The summed E-state index contributed by atoms with van der Waals surface area (Å²) in [6.07, 6.45) is -0.176. The molecule has 1 rings (SSSR count). The van der Waals surface area contributed by atoms with Crippen LogP contribution in [-0.4, -0.2) is 11.6 Å². The van der Waals surface area contributed by atoms with Gasteiger partial charge in [0.15, 0.2) is 0 Å². The number of nitrogens with one attached hydrogen (secondary N) is 1. The lowest BCUT2D eigenvalue weighted by Gasteiger charge is -2.01. The van der Waals surface area contributed by atoms with E-state index in [0.717, 1.165) is 5.56 Å². The molecule has 1 N–H and O–H groups in total. The Bertz CT molecular complexity index is 440. The van der Waals surface area contributed by atoms with Crippen LogP contribution >= 0.6 is 0 Å². The standard InChI is InChI=1S/C12H13N3O/c1-9-3-5-11(6-4-9)10(2)14-15-12(16)7-8-13/h3-6H,7H2,1-2H3,(H,15,16). The van der Waals surface area contributed by atoms with E-state index in [1.54, 1.807) is 13.0 Å². The first kappa shape index (κ1) is 11.9. The molecular formula is C12H13N3O. The number of hydrogen-bond donors (Lipinski definition) is 1. The minimum Gasteiger partial charge on any atom is -0.272 e. The molecule has 82 valence electrons. The van der Waals surface area contributed by atoms with E-state index in [1.165, 1.54) is 5.56 Å². The van der Waals surface area contributed by atoms with Crippen molar-refractivity contribution in [2.24, 2.45) is 5.10 Å². The van der Waals surface area contributed by atoms with Crippen molar-refractivity contribution < 1.29 is 4.79 Å². The van der Waals surface area contributed by atoms with E-state index < -0.39 is 5.91 Å². The minimum absolute atomic E-state index is 0.176. The number of nitrogens with zero attached hydrogens (tertiary/aromatic N) is 2. The lowest BCUT2D eigenvalue weighted by atomic mass is 10.1. The number of hydrogen-bond acceptors (Lipinski definition) is 3. The molecule has 0 aliphatic carbocycles. The second-order valence-electron chi connectivity index (χ2n) is 3.43. The lowest BCUT2D eigenvalue weighted by molar-refractivity contribution is -0.120. The third-order valence-corrected chi connectivity index (χ3v) is 2.06. The van der Waals surface area contributed by atoms with Crippen molar-refractivity contribution in [3.05, 3.63) is 35.4 Å². The summed E-state index contributed by atoms with van der Waals surface area (Å²) in [7, 11) is 0. The van der Waals surface area contributed by atoms with Crippen LogP contribution in [0.3, 0.4) is 0 Å². The maximum Gasteiger partial charge on any atom is 0.254 e. The predicted octanol–water partition coefficient (Wildman–Crippen LogP) is 1.75. The van der Waals surface area contributed by atoms with Gasteiger partial charge in [-0.1, -0.05) is 29.8 Å². The first-order chi connectivity index (χ1) is 7.63. The molecule has 0 saturated heterocycles. The number of amides is 1. The van der Waals surface area contributed by atoms with Gasteiger partial charge < -0.3 is 0 Å². The first-order valence-corrected chi connectivity index (χ1v) is 4.90. The average Bonchev–Trinajstić information content (AvgIpc) is 2.27. The molecule has 1 aromatic rings. The molecule has 0 bridgehead atoms. The largest absolute Gasteiger partial charge is 0.272 e. The van der Waals surface area contributed by atoms with Gasteiger partial charge in [-0.15, -0.1) is 0 Å². The van der Waals surface area contributed by atoms with E-state index >= 15 is 0 Å². The van der Waals surface area contributed by atoms with Crippen LogP contribution in [0.2, 0.25) is 0 Å². The van der Waals surface area contributed by atoms with Crippen LogP contribution in [0, 0.1) is 18.3 Å². The summed E-state index contributed by atoms with van der Waals surface area (Å²) in [5.74, 6) is -0.394. The second kappa shape index (κ2) is 5.66. The fraction of sp³-hybridized carbons (Fsp3) is 0.250. The van der Waals surface area contributed by atoms with Crippen molar-refractivity contribution >= 4 is 11.6 Å². The van der Waals surface area contributed by atoms with Crippen LogP contribution in [0.1, 0.15) is 24.5 Å². The van der Waals surface area contributed by atoms with Gasteiger partial charge in [0.05, 0.1) is 11.8 Å². The number of benzene rings is 1. The van der Waals surface area contributed by atoms with Gasteiger partial charge >= 0.3 is 0 Å². The molecule has 0 aromatic heterocycles. The van der Waals surface area contributed by atoms with Crippen molar-refractivity contribution in [2.45, 2.75) is 20.3 Å². The smallest absolute Gasteiger partial charge is 0.254 e. The molecule has 16 heavy (non-hydrogen) atoms. The van der Waals surface area contributed by atoms with E-state index in [2.05, 4.69) is 10.5 Å². The molecule has 1 aromatic carbocycles. The van der Waals surface area contributed by atoms with Gasteiger partial charge in [-0.2, -0.15) is 10.4 Å². The summed E-state index contributed by atoms with van der Waals surface area (Å²) in [5.41, 5.74) is 5.16. The van der Waals surface area contributed by atoms with Crippen LogP contribution in [0.25, 0.3) is 0 Å². The SMILES string of the molecule is CC(=NNC(=O)CC#N)c1ccc(C)cc1. The maximum atomic E-state index is 11.0. The van der Waals surface area contributed by atoms with Gasteiger partial charge in [0.25, 0.3) is 5.91 Å². The molecule has 1 amide bonds. The number of hydrazone groups is 1. The van der Waals surface area contributed by atoms with Crippen LogP contribution in [-0.2, 0) is 4.79 Å². The zero-order valence-corrected chi connectivity index (χ0v) is 9.32. The van der Waals surface area contributed by atoms with Crippen LogP contribution in [0.5, 0.6) is 0 Å². The van der Waals surface area contributed by atoms with Crippen molar-refractivity contribution in [2.75, 3.05) is 0 Å². The van der Waals surface area contributed by atoms with E-state index in [0.29, 0.717) is 5.71 Å². The Balaban J connectivity index is 2.67. The lowest BCUT2D eigenvalue weighted by Crippen LogP contribution is -2.18. The van der Waals surface area contributed by atoms with E-state index in [-0.39, 0.29) is 6.42 Å². The first-order valence-electron chi connectivity index (χ1n) is 4.90. The summed E-state index contributed by atoms with van der Waals surface area (Å²) >= 11 is 0. The van der Waals surface area contributed by atoms with E-state index in [4.69, 9.17) is 5.26 Å². The Morgan fingerprint density at radius 2 is 2.06 bits per heavy atom. The Hall–Kier alpha value is -2.15. The third-order valence-electron chi connectivity index (χ3n) is 2.06. The monoisotopic (exact) mass is 215 g/mol. The molecule has 0 saturated carbocycles. The Morgan fingerprint density at radius 3 is 2.62 bits per heavy atom. The molecule has 0 fully saturated rings. The fourth-order valence-corrected chi connectivity index (χ4v) is 1.12. The zero-order chi connectivity index (χ0) is 12.0. The molecule has 0 aliphatic rings. The quantitative estimate of drug-likeness (QED) is 0.616. The Morgan fingerprint density at radius 1 is 1.44 bits per heavy atom. The zero-order valence-electron chi connectivity index (χ0n) is 9.32. The Kier molecular flexibility index (Phi) is 4.22. The topological polar surface area (TPSA) is 65.2 Å². The normalized spacial score (nSPS) is 10.7. The average molecular weight is 215 g/mol. The van der Waals surface area contributed by atoms with Crippen molar-refractivity contribution in [3.8, 4) is 6.07 Å². The van der Waals surface area contributed by atoms with Crippen LogP contribution in [0.4, 0.5) is 0 Å². The molecule has 0 spiro atoms. The summed E-state index contributed by atoms with van der Waals surface area (Å²) in [5, 5.41) is 12.2. The molecule has 4 heteroatoms. The highest BCUT2D eigenvalue weighted by molar-refractivity contribution is 5.99. The number of rotatable bonds is 3. The van der Waals surface area contributed by atoms with Gasteiger partial charge in [-0.25, -0.2) is 5.43 Å². The van der Waals surface area contributed by atoms with Crippen molar-refractivity contribution in [1.29, 1.82) is 5.26 Å². The Labute approximate surface area is 94.6 Å². The molecule has 0 atom stereocenters. The maximum absolute atomic E-state index is 11.0. The molecule has 0 heterocycles. The van der Waals surface area contributed by atoms with E-state index in [1.807, 2.05) is 31.2 Å². The minimum atomic E-state index is -0.394. The molecular weight excluding hydrogens is 202 g/mol. The predicted molar refractivity (Wildman–Crippen MR) is 61.8 cm³/mol. The second-order valence-corrected chi connectivity index (χ2v) is 3.43. The number of carbonyl (C=O) groups excluding carboxylic acids is 1. The highest BCUT2D eigenvalue weighted by atomic mass is 16.2. The van der Waals surface area contributed by atoms with Gasteiger partial charge in [0, 0.05) is 0 Å². The number of carbonyl (C=O) groups is 1. The number of aryl methyl sites for hydroxylation is 1. The van der Waals surface area contributed by atoms with Gasteiger partial charge in [0.2, 0.25) is 0 Å². The summed E-state index contributed by atoms with van der Waals surface area (Å²) < 4.78 is 0. The highest BCUT2D eigenvalue weighted by Gasteiger charge is 1.99. The van der Waals surface area contributed by atoms with Crippen molar-refractivity contribution in [1.82, 2.24) is 5.43 Å². The number of nitriles is 1. The van der Waals surface area contributed by atoms with Crippen LogP contribution < -0.4 is 5.43 Å². The summed E-state index contributed by atoms with van der Waals surface area (Å²) in [6, 6.07) is 9.58. The highest BCUT2D eigenvalue weighted by Crippen LogP contribution is 2.04.